The van der Waals surface area contributed by atoms with Crippen LogP contribution in [-0.4, -0.2) is 11.0 Å². The average molecular weight is 331 g/mol. The molecular formula is C22H21NO2. The van der Waals surface area contributed by atoms with Crippen LogP contribution in [0.1, 0.15) is 35.6 Å². The number of nitrogens with one attached hydrogen (secondary N) is 1. The molecule has 2 N–H and O–H groups in total. The average Bonchev–Trinajstić information content (AvgIpc) is 2.64. The molecule has 0 bridgehead atoms. The molecule has 0 saturated heterocycles. The zero-order valence-electron chi connectivity index (χ0n) is 14.1. The number of hydrogen-bond donors (Lipinski definition) is 2. The topological polar surface area (TPSA) is 49.3 Å². The number of hydrogen-bond acceptors (Lipinski definition) is 2. The minimum absolute atomic E-state index is 0.0813. The highest BCUT2D eigenvalue weighted by atomic mass is 16.3. The first kappa shape index (κ1) is 16.9. The molecule has 3 aromatic carbocycles. The van der Waals surface area contributed by atoms with Crippen LogP contribution in [0.4, 0.5) is 5.69 Å². The Morgan fingerprint density at radius 3 is 1.68 bits per heavy atom. The standard InChI is InChI=1S/C22H21NO2/c1-16(24)17-12-14-20(15-13-17)23-22(25)21(18-8-4-2-5-9-18)19-10-6-3-7-11-19/h2-16,21,24H,1H3,(H,23,25)/t16-/m0/s1. The van der Waals surface area contributed by atoms with Crippen LogP contribution in [0.15, 0.2) is 84.9 Å². The fourth-order valence-electron chi connectivity index (χ4n) is 2.85. The molecule has 1 amide bonds. The van der Waals surface area contributed by atoms with E-state index in [9.17, 15) is 9.90 Å². The van der Waals surface area contributed by atoms with Crippen molar-refractivity contribution in [3.05, 3.63) is 102 Å². The van der Waals surface area contributed by atoms with Crippen molar-refractivity contribution in [2.24, 2.45) is 0 Å². The lowest BCUT2D eigenvalue weighted by molar-refractivity contribution is -0.116. The first-order valence-electron chi connectivity index (χ1n) is 8.34. The lowest BCUT2D eigenvalue weighted by atomic mass is 9.90. The molecule has 0 unspecified atom stereocenters. The molecule has 3 nitrogen and oxygen atoms in total. The second-order valence-corrected chi connectivity index (χ2v) is 6.04. The molecule has 0 aliphatic heterocycles. The van der Waals surface area contributed by atoms with E-state index >= 15 is 0 Å². The minimum atomic E-state index is -0.522. The van der Waals surface area contributed by atoms with Gasteiger partial charge in [-0.25, -0.2) is 0 Å². The zero-order chi connectivity index (χ0) is 17.6. The van der Waals surface area contributed by atoms with Crippen molar-refractivity contribution in [2.45, 2.75) is 18.9 Å². The van der Waals surface area contributed by atoms with Gasteiger partial charge in [0.25, 0.3) is 0 Å². The highest BCUT2D eigenvalue weighted by molar-refractivity contribution is 5.98. The summed E-state index contributed by atoms with van der Waals surface area (Å²) < 4.78 is 0. The van der Waals surface area contributed by atoms with Crippen molar-refractivity contribution in [2.75, 3.05) is 5.32 Å². The van der Waals surface area contributed by atoms with Crippen LogP contribution in [0.2, 0.25) is 0 Å². The van der Waals surface area contributed by atoms with Crippen molar-refractivity contribution in [3.63, 3.8) is 0 Å². The van der Waals surface area contributed by atoms with Gasteiger partial charge in [-0.2, -0.15) is 0 Å². The Kier molecular flexibility index (Phi) is 5.26. The molecule has 0 radical (unpaired) electrons. The van der Waals surface area contributed by atoms with Crippen molar-refractivity contribution < 1.29 is 9.90 Å². The van der Waals surface area contributed by atoms with Crippen molar-refractivity contribution >= 4 is 11.6 Å². The van der Waals surface area contributed by atoms with E-state index in [2.05, 4.69) is 5.32 Å². The summed E-state index contributed by atoms with van der Waals surface area (Å²) in [7, 11) is 0. The van der Waals surface area contributed by atoms with Gasteiger partial charge in [0.2, 0.25) is 5.91 Å². The van der Waals surface area contributed by atoms with Crippen LogP contribution >= 0.6 is 0 Å². The van der Waals surface area contributed by atoms with Gasteiger partial charge in [-0.15, -0.1) is 0 Å². The molecule has 25 heavy (non-hydrogen) atoms. The molecule has 0 aliphatic carbocycles. The number of anilines is 1. The Morgan fingerprint density at radius 1 is 0.760 bits per heavy atom. The maximum Gasteiger partial charge on any atom is 0.236 e. The van der Waals surface area contributed by atoms with E-state index in [0.29, 0.717) is 5.69 Å². The van der Waals surface area contributed by atoms with Crippen LogP contribution in [0, 0.1) is 0 Å². The van der Waals surface area contributed by atoms with E-state index < -0.39 is 6.10 Å². The maximum atomic E-state index is 13.0. The van der Waals surface area contributed by atoms with Crippen molar-refractivity contribution in [1.82, 2.24) is 0 Å². The summed E-state index contributed by atoms with van der Waals surface area (Å²) in [6.07, 6.45) is -0.522. The number of amides is 1. The van der Waals surface area contributed by atoms with Crippen molar-refractivity contribution in [3.8, 4) is 0 Å². The van der Waals surface area contributed by atoms with Crippen LogP contribution in [0.3, 0.4) is 0 Å². The van der Waals surface area contributed by atoms with Crippen molar-refractivity contribution in [1.29, 1.82) is 0 Å². The third kappa shape index (κ3) is 4.14. The molecule has 3 heteroatoms. The number of aliphatic hydroxyl groups excluding tert-OH is 1. The SMILES string of the molecule is C[C@H](O)c1ccc(NC(=O)C(c2ccccc2)c2ccccc2)cc1. The largest absolute Gasteiger partial charge is 0.389 e. The zero-order valence-corrected chi connectivity index (χ0v) is 14.1. The molecule has 1 atom stereocenters. The Balaban J connectivity index is 1.87. The van der Waals surface area contributed by atoms with E-state index in [1.165, 1.54) is 0 Å². The Labute approximate surface area is 148 Å². The van der Waals surface area contributed by atoms with Gasteiger partial charge in [-0.1, -0.05) is 72.8 Å². The molecule has 0 aromatic heterocycles. The first-order valence-corrected chi connectivity index (χ1v) is 8.34. The first-order chi connectivity index (χ1) is 12.1. The number of carbonyl (C=O) groups is 1. The van der Waals surface area contributed by atoms with Crippen LogP contribution in [0.5, 0.6) is 0 Å². The Bertz CT molecular complexity index is 772. The molecule has 0 heterocycles. The Morgan fingerprint density at radius 2 is 1.24 bits per heavy atom. The summed E-state index contributed by atoms with van der Waals surface area (Å²) in [6, 6.07) is 26.8. The van der Waals surface area contributed by atoms with Gasteiger partial charge >= 0.3 is 0 Å². The van der Waals surface area contributed by atoms with E-state index in [0.717, 1.165) is 16.7 Å². The summed E-state index contributed by atoms with van der Waals surface area (Å²) >= 11 is 0. The third-order valence-electron chi connectivity index (χ3n) is 4.19. The van der Waals surface area contributed by atoms with Gasteiger partial charge in [-0.05, 0) is 35.7 Å². The second-order valence-electron chi connectivity index (χ2n) is 6.04. The normalized spacial score (nSPS) is 12.0. The Hall–Kier alpha value is -2.91. The van der Waals surface area contributed by atoms with Gasteiger partial charge in [-0.3, -0.25) is 4.79 Å². The minimum Gasteiger partial charge on any atom is -0.389 e. The summed E-state index contributed by atoms with van der Waals surface area (Å²) in [5, 5.41) is 12.6. The molecular weight excluding hydrogens is 310 g/mol. The molecule has 0 spiro atoms. The van der Waals surface area contributed by atoms with Crippen LogP contribution < -0.4 is 5.32 Å². The van der Waals surface area contributed by atoms with Gasteiger partial charge in [0.15, 0.2) is 0 Å². The second kappa shape index (κ2) is 7.77. The predicted molar refractivity (Wildman–Crippen MR) is 100 cm³/mol. The monoisotopic (exact) mass is 331 g/mol. The number of carbonyl (C=O) groups excluding carboxylic acids is 1. The van der Waals surface area contributed by atoms with Crippen LogP contribution in [0.25, 0.3) is 0 Å². The van der Waals surface area contributed by atoms with Gasteiger partial charge < -0.3 is 10.4 Å². The highest BCUT2D eigenvalue weighted by Gasteiger charge is 2.22. The van der Waals surface area contributed by atoms with Gasteiger partial charge in [0, 0.05) is 5.69 Å². The van der Waals surface area contributed by atoms with E-state index in [1.807, 2.05) is 84.9 Å². The quantitative estimate of drug-likeness (QED) is 0.722. The maximum absolute atomic E-state index is 13.0. The molecule has 0 saturated carbocycles. The molecule has 0 fully saturated rings. The predicted octanol–water partition coefficient (Wildman–Crippen LogP) is 4.51. The van der Waals surface area contributed by atoms with E-state index in [1.54, 1.807) is 6.92 Å². The smallest absolute Gasteiger partial charge is 0.236 e. The van der Waals surface area contributed by atoms with E-state index in [-0.39, 0.29) is 11.8 Å². The van der Waals surface area contributed by atoms with Crippen LogP contribution in [-0.2, 0) is 4.79 Å². The summed E-state index contributed by atoms with van der Waals surface area (Å²) in [5.74, 6) is -0.457. The molecule has 3 aromatic rings. The fourth-order valence-corrected chi connectivity index (χ4v) is 2.85. The molecule has 126 valence electrons. The van der Waals surface area contributed by atoms with E-state index in [4.69, 9.17) is 0 Å². The lowest BCUT2D eigenvalue weighted by Crippen LogP contribution is -2.22. The molecule has 0 aliphatic rings. The number of aliphatic hydroxyl groups is 1. The highest BCUT2D eigenvalue weighted by Crippen LogP contribution is 2.26. The van der Waals surface area contributed by atoms with Gasteiger partial charge in [0.05, 0.1) is 12.0 Å². The third-order valence-corrected chi connectivity index (χ3v) is 4.19. The number of rotatable bonds is 5. The summed E-state index contributed by atoms with van der Waals surface area (Å²) in [6.45, 7) is 1.72. The molecule has 3 rings (SSSR count). The summed E-state index contributed by atoms with van der Waals surface area (Å²) in [5.41, 5.74) is 3.44. The van der Waals surface area contributed by atoms with Gasteiger partial charge in [0.1, 0.15) is 0 Å². The number of benzene rings is 3. The fraction of sp³-hybridized carbons (Fsp3) is 0.136. The lowest BCUT2D eigenvalue weighted by Gasteiger charge is -2.18. The summed E-state index contributed by atoms with van der Waals surface area (Å²) in [4.78, 5) is 13.0.